The van der Waals surface area contributed by atoms with Crippen LogP contribution in [0.3, 0.4) is 0 Å². The lowest BCUT2D eigenvalue weighted by Gasteiger charge is -2.36. The first-order chi connectivity index (χ1) is 17.2. The number of methoxy groups -OCH3 is 2. The molecular weight excluding hydrogens is 438 g/mol. The van der Waals surface area contributed by atoms with Gasteiger partial charge in [0.25, 0.3) is 0 Å². The summed E-state index contributed by atoms with van der Waals surface area (Å²) in [5.74, 6) is 2.58. The third kappa shape index (κ3) is 5.47. The van der Waals surface area contributed by atoms with Gasteiger partial charge in [-0.3, -0.25) is 0 Å². The topological polar surface area (TPSA) is 40.2 Å². The van der Waals surface area contributed by atoms with Crippen molar-refractivity contribution in [2.24, 2.45) is 5.92 Å². The van der Waals surface area contributed by atoms with Crippen LogP contribution in [0, 0.1) is 5.92 Å². The lowest BCUT2D eigenvalue weighted by molar-refractivity contribution is -0.141. The number of piperidine rings is 1. The van der Waals surface area contributed by atoms with E-state index in [1.807, 2.05) is 24.3 Å². The molecule has 0 radical (unpaired) electrons. The fraction of sp³-hybridized carbons (Fsp3) is 0.400. The fourth-order valence-corrected chi connectivity index (χ4v) is 5.38. The summed E-state index contributed by atoms with van der Waals surface area (Å²) >= 11 is 0. The SMILES string of the molecule is COC(OC)C1CCN(c2ccc(C3CCOc4cc(OCc5ccccc5)ccc43)cc2)CC1. The highest BCUT2D eigenvalue weighted by Gasteiger charge is 2.27. The van der Waals surface area contributed by atoms with Crippen LogP contribution in [-0.2, 0) is 16.1 Å². The van der Waals surface area contributed by atoms with Crippen molar-refractivity contribution < 1.29 is 18.9 Å². The number of hydrogen-bond donors (Lipinski definition) is 0. The molecule has 3 aromatic carbocycles. The van der Waals surface area contributed by atoms with Gasteiger partial charge in [0, 0.05) is 56.5 Å². The molecule has 1 fully saturated rings. The van der Waals surface area contributed by atoms with Gasteiger partial charge in [-0.2, -0.15) is 0 Å². The first kappa shape index (κ1) is 23.7. The van der Waals surface area contributed by atoms with Gasteiger partial charge in [-0.25, -0.2) is 0 Å². The van der Waals surface area contributed by atoms with Crippen molar-refractivity contribution in [2.75, 3.05) is 38.8 Å². The monoisotopic (exact) mass is 473 g/mol. The molecule has 0 N–H and O–H groups in total. The van der Waals surface area contributed by atoms with Gasteiger partial charge in [-0.15, -0.1) is 0 Å². The minimum Gasteiger partial charge on any atom is -0.493 e. The highest BCUT2D eigenvalue weighted by molar-refractivity contribution is 5.52. The summed E-state index contributed by atoms with van der Waals surface area (Å²) in [4.78, 5) is 2.47. The molecule has 2 heterocycles. The molecule has 0 amide bonds. The van der Waals surface area contributed by atoms with Crippen molar-refractivity contribution >= 4 is 5.69 Å². The maximum absolute atomic E-state index is 6.03. The number of nitrogens with zero attached hydrogens (tertiary/aromatic N) is 1. The standard InChI is InChI=1S/C30H35NO4/c1-32-30(33-2)24-14-17-31(18-15-24)25-10-8-23(9-11-25)27-16-19-34-29-20-26(12-13-28(27)29)35-21-22-6-4-3-5-7-22/h3-13,20,24,27,30H,14-19,21H2,1-2H3. The summed E-state index contributed by atoms with van der Waals surface area (Å²) in [5.41, 5.74) is 5.02. The quantitative estimate of drug-likeness (QED) is 0.375. The lowest BCUT2D eigenvalue weighted by atomic mass is 9.86. The summed E-state index contributed by atoms with van der Waals surface area (Å²) in [6.45, 7) is 3.33. The van der Waals surface area contributed by atoms with Crippen LogP contribution >= 0.6 is 0 Å². The predicted octanol–water partition coefficient (Wildman–Crippen LogP) is 6.02. The second kappa shape index (κ2) is 11.1. The number of rotatable bonds is 8. The van der Waals surface area contributed by atoms with Crippen molar-refractivity contribution in [3.05, 3.63) is 89.5 Å². The Kier molecular flexibility index (Phi) is 7.55. The van der Waals surface area contributed by atoms with Gasteiger partial charge in [-0.1, -0.05) is 48.5 Å². The summed E-state index contributed by atoms with van der Waals surface area (Å²) in [7, 11) is 3.46. The maximum Gasteiger partial charge on any atom is 0.159 e. The molecule has 0 aromatic heterocycles. The molecule has 0 spiro atoms. The Morgan fingerprint density at radius 3 is 2.34 bits per heavy atom. The van der Waals surface area contributed by atoms with Gasteiger partial charge in [0.2, 0.25) is 0 Å². The summed E-state index contributed by atoms with van der Waals surface area (Å²) < 4.78 is 23.0. The van der Waals surface area contributed by atoms with Crippen molar-refractivity contribution in [3.63, 3.8) is 0 Å². The van der Waals surface area contributed by atoms with Crippen LogP contribution in [-0.4, -0.2) is 40.2 Å². The molecule has 5 rings (SSSR count). The summed E-state index contributed by atoms with van der Waals surface area (Å²) in [5, 5.41) is 0. The number of fused-ring (bicyclic) bond motifs is 1. The Bertz CT molecular complexity index is 1070. The third-order valence-electron chi connectivity index (χ3n) is 7.32. The number of hydrogen-bond acceptors (Lipinski definition) is 5. The van der Waals surface area contributed by atoms with Crippen LogP contribution in [0.5, 0.6) is 11.5 Å². The largest absolute Gasteiger partial charge is 0.493 e. The van der Waals surface area contributed by atoms with Gasteiger partial charge in [0.1, 0.15) is 18.1 Å². The molecule has 0 aliphatic carbocycles. The molecular formula is C30H35NO4. The molecule has 5 nitrogen and oxygen atoms in total. The minimum atomic E-state index is -0.0997. The number of benzene rings is 3. The predicted molar refractivity (Wildman–Crippen MR) is 138 cm³/mol. The zero-order valence-corrected chi connectivity index (χ0v) is 20.7. The zero-order valence-electron chi connectivity index (χ0n) is 20.7. The molecule has 184 valence electrons. The van der Waals surface area contributed by atoms with Crippen molar-refractivity contribution in [3.8, 4) is 11.5 Å². The Labute approximate surface area is 208 Å². The Morgan fingerprint density at radius 2 is 1.63 bits per heavy atom. The van der Waals surface area contributed by atoms with E-state index in [1.165, 1.54) is 16.8 Å². The third-order valence-corrected chi connectivity index (χ3v) is 7.32. The van der Waals surface area contributed by atoms with E-state index in [0.717, 1.165) is 56.0 Å². The fourth-order valence-electron chi connectivity index (χ4n) is 5.38. The van der Waals surface area contributed by atoms with Crippen molar-refractivity contribution in [2.45, 2.75) is 38.1 Å². The highest BCUT2D eigenvalue weighted by atomic mass is 16.7. The van der Waals surface area contributed by atoms with Crippen molar-refractivity contribution in [1.82, 2.24) is 0 Å². The molecule has 1 atom stereocenters. The van der Waals surface area contributed by atoms with Crippen LogP contribution in [0.15, 0.2) is 72.8 Å². The molecule has 35 heavy (non-hydrogen) atoms. The van der Waals surface area contributed by atoms with E-state index < -0.39 is 0 Å². The molecule has 0 saturated carbocycles. The van der Waals surface area contributed by atoms with Crippen molar-refractivity contribution in [1.29, 1.82) is 0 Å². The van der Waals surface area contributed by atoms with Gasteiger partial charge in [0.05, 0.1) is 6.61 Å². The van der Waals surface area contributed by atoms with E-state index in [4.69, 9.17) is 18.9 Å². The van der Waals surface area contributed by atoms with E-state index >= 15 is 0 Å². The molecule has 2 aliphatic rings. The molecule has 5 heteroatoms. The first-order valence-corrected chi connectivity index (χ1v) is 12.6. The second-order valence-electron chi connectivity index (χ2n) is 9.42. The van der Waals surface area contributed by atoms with Gasteiger partial charge in [-0.05, 0) is 48.6 Å². The van der Waals surface area contributed by atoms with E-state index in [9.17, 15) is 0 Å². The van der Waals surface area contributed by atoms with Gasteiger partial charge >= 0.3 is 0 Å². The number of ether oxygens (including phenoxy) is 4. The minimum absolute atomic E-state index is 0.0997. The lowest BCUT2D eigenvalue weighted by Crippen LogP contribution is -2.39. The van der Waals surface area contributed by atoms with E-state index in [2.05, 4.69) is 53.4 Å². The van der Waals surface area contributed by atoms with Crippen LogP contribution in [0.2, 0.25) is 0 Å². The second-order valence-corrected chi connectivity index (χ2v) is 9.42. The average Bonchev–Trinajstić information content (AvgIpc) is 2.93. The van der Waals surface area contributed by atoms with Crippen LogP contribution in [0.1, 0.15) is 41.9 Å². The van der Waals surface area contributed by atoms with Crippen LogP contribution in [0.4, 0.5) is 5.69 Å². The Morgan fingerprint density at radius 1 is 0.886 bits per heavy atom. The molecule has 2 aliphatic heterocycles. The van der Waals surface area contributed by atoms with E-state index in [-0.39, 0.29) is 6.29 Å². The first-order valence-electron chi connectivity index (χ1n) is 12.6. The molecule has 3 aromatic rings. The Hall–Kier alpha value is -3.02. The summed E-state index contributed by atoms with van der Waals surface area (Å²) in [6, 6.07) is 25.6. The van der Waals surface area contributed by atoms with Crippen LogP contribution < -0.4 is 14.4 Å². The van der Waals surface area contributed by atoms with E-state index in [0.29, 0.717) is 18.4 Å². The maximum atomic E-state index is 6.03. The molecule has 0 bridgehead atoms. The molecule has 1 saturated heterocycles. The smallest absolute Gasteiger partial charge is 0.159 e. The number of anilines is 1. The molecule has 1 unspecified atom stereocenters. The normalized spacial score (nSPS) is 18.3. The van der Waals surface area contributed by atoms with Crippen LogP contribution in [0.25, 0.3) is 0 Å². The Balaban J connectivity index is 1.23. The summed E-state index contributed by atoms with van der Waals surface area (Å²) in [6.07, 6.45) is 3.04. The average molecular weight is 474 g/mol. The van der Waals surface area contributed by atoms with Gasteiger partial charge in [0.15, 0.2) is 6.29 Å². The van der Waals surface area contributed by atoms with E-state index in [1.54, 1.807) is 14.2 Å². The highest BCUT2D eigenvalue weighted by Crippen LogP contribution is 2.40. The van der Waals surface area contributed by atoms with Gasteiger partial charge < -0.3 is 23.8 Å². The zero-order chi connectivity index (χ0) is 24.0.